The van der Waals surface area contributed by atoms with Crippen LogP contribution in [-0.2, 0) is 4.74 Å². The average Bonchev–Trinajstić information content (AvgIpc) is 2.62. The third kappa shape index (κ3) is 3.44. The molecule has 0 aromatic carbocycles. The van der Waals surface area contributed by atoms with E-state index in [2.05, 4.69) is 24.2 Å². The van der Waals surface area contributed by atoms with Crippen LogP contribution in [0.1, 0.15) is 26.2 Å². The van der Waals surface area contributed by atoms with Gasteiger partial charge in [0.2, 0.25) is 0 Å². The lowest BCUT2D eigenvalue weighted by Gasteiger charge is -2.31. The van der Waals surface area contributed by atoms with Crippen LogP contribution in [0.5, 0.6) is 0 Å². The van der Waals surface area contributed by atoms with E-state index in [1.165, 1.54) is 19.3 Å². The van der Waals surface area contributed by atoms with Crippen molar-refractivity contribution in [1.29, 1.82) is 0 Å². The van der Waals surface area contributed by atoms with E-state index in [1.54, 1.807) is 0 Å². The lowest BCUT2D eigenvalue weighted by molar-refractivity contribution is -0.0192. The molecule has 3 heteroatoms. The number of ether oxygens (including phenoxy) is 1. The second kappa shape index (κ2) is 5.28. The van der Waals surface area contributed by atoms with Gasteiger partial charge in [-0.2, -0.15) is 0 Å². The highest BCUT2D eigenvalue weighted by Gasteiger charge is 2.23. The van der Waals surface area contributed by atoms with Crippen molar-refractivity contribution in [3.63, 3.8) is 0 Å². The van der Waals surface area contributed by atoms with E-state index in [0.717, 1.165) is 38.2 Å². The number of nitrogens with one attached hydrogen (secondary N) is 1. The largest absolute Gasteiger partial charge is 0.374 e. The van der Waals surface area contributed by atoms with Gasteiger partial charge in [0.1, 0.15) is 0 Å². The van der Waals surface area contributed by atoms with Gasteiger partial charge in [-0.05, 0) is 32.2 Å². The first-order valence-electron chi connectivity index (χ1n) is 6.27. The third-order valence-electron chi connectivity index (χ3n) is 3.67. The van der Waals surface area contributed by atoms with Gasteiger partial charge in [0, 0.05) is 25.7 Å². The zero-order valence-electron chi connectivity index (χ0n) is 10.0. The van der Waals surface area contributed by atoms with Crippen LogP contribution < -0.4 is 5.32 Å². The molecule has 15 heavy (non-hydrogen) atoms. The van der Waals surface area contributed by atoms with Crippen LogP contribution in [0.15, 0.2) is 0 Å². The van der Waals surface area contributed by atoms with Crippen molar-refractivity contribution in [2.45, 2.75) is 38.3 Å². The van der Waals surface area contributed by atoms with Gasteiger partial charge < -0.3 is 15.0 Å². The highest BCUT2D eigenvalue weighted by Crippen LogP contribution is 2.24. The van der Waals surface area contributed by atoms with Gasteiger partial charge in [0.05, 0.1) is 12.7 Å². The summed E-state index contributed by atoms with van der Waals surface area (Å²) in [5.41, 5.74) is 0. The summed E-state index contributed by atoms with van der Waals surface area (Å²) >= 11 is 0. The Balaban J connectivity index is 1.64. The van der Waals surface area contributed by atoms with E-state index < -0.39 is 0 Å². The van der Waals surface area contributed by atoms with Crippen molar-refractivity contribution in [2.24, 2.45) is 5.92 Å². The summed E-state index contributed by atoms with van der Waals surface area (Å²) in [5.74, 6) is 0.914. The molecule has 0 bridgehead atoms. The summed E-state index contributed by atoms with van der Waals surface area (Å²) in [6, 6.07) is 0.746. The van der Waals surface area contributed by atoms with Crippen molar-refractivity contribution in [1.82, 2.24) is 10.2 Å². The molecule has 1 aliphatic carbocycles. The number of rotatable bonds is 3. The van der Waals surface area contributed by atoms with Crippen molar-refractivity contribution >= 4 is 0 Å². The molecule has 1 saturated heterocycles. The maximum atomic E-state index is 5.73. The molecule has 1 heterocycles. The first-order chi connectivity index (χ1) is 7.24. The Bertz CT molecular complexity index is 198. The zero-order valence-corrected chi connectivity index (χ0v) is 10.0. The summed E-state index contributed by atoms with van der Waals surface area (Å²) in [6.45, 7) is 6.43. The molecule has 0 spiro atoms. The molecule has 0 amide bonds. The van der Waals surface area contributed by atoms with Gasteiger partial charge in [-0.15, -0.1) is 0 Å². The van der Waals surface area contributed by atoms with Crippen LogP contribution >= 0.6 is 0 Å². The smallest absolute Gasteiger partial charge is 0.0826 e. The average molecular weight is 212 g/mol. The molecule has 2 rings (SSSR count). The summed E-state index contributed by atoms with van der Waals surface area (Å²) in [5, 5.41) is 3.65. The van der Waals surface area contributed by atoms with Gasteiger partial charge in [0.25, 0.3) is 0 Å². The fourth-order valence-electron chi connectivity index (χ4n) is 2.68. The van der Waals surface area contributed by atoms with Crippen LogP contribution in [0.4, 0.5) is 0 Å². The lowest BCUT2D eigenvalue weighted by Crippen LogP contribution is -2.46. The summed E-state index contributed by atoms with van der Waals surface area (Å²) in [6.07, 6.45) is 4.50. The maximum absolute atomic E-state index is 5.73. The summed E-state index contributed by atoms with van der Waals surface area (Å²) in [7, 11) is 2.17. The predicted octanol–water partition coefficient (Wildman–Crippen LogP) is 1.10. The standard InChI is InChI=1S/C12H24N2O/c1-10-3-4-11(7-10)13-8-12-9-14(2)5-6-15-12/h10-13H,3-9H2,1-2H3/t10-,11+,12+/m1/s1. The fraction of sp³-hybridized carbons (Fsp3) is 1.00. The van der Waals surface area contributed by atoms with Crippen LogP contribution in [0.3, 0.4) is 0 Å². The molecule has 1 aliphatic heterocycles. The van der Waals surface area contributed by atoms with Gasteiger partial charge in [-0.25, -0.2) is 0 Å². The molecule has 3 atom stereocenters. The van der Waals surface area contributed by atoms with Gasteiger partial charge in [0.15, 0.2) is 0 Å². The Kier molecular flexibility index (Phi) is 4.00. The highest BCUT2D eigenvalue weighted by molar-refractivity contribution is 4.80. The topological polar surface area (TPSA) is 24.5 Å². The second-order valence-corrected chi connectivity index (χ2v) is 5.28. The van der Waals surface area contributed by atoms with Gasteiger partial charge >= 0.3 is 0 Å². The van der Waals surface area contributed by atoms with Crippen LogP contribution in [0.25, 0.3) is 0 Å². The molecule has 2 aliphatic rings. The molecular weight excluding hydrogens is 188 g/mol. The van der Waals surface area contributed by atoms with E-state index in [1.807, 2.05) is 0 Å². The zero-order chi connectivity index (χ0) is 10.7. The molecular formula is C12H24N2O. The Morgan fingerprint density at radius 1 is 1.40 bits per heavy atom. The Morgan fingerprint density at radius 3 is 2.93 bits per heavy atom. The van der Waals surface area contributed by atoms with Crippen molar-refractivity contribution in [3.05, 3.63) is 0 Å². The van der Waals surface area contributed by atoms with Crippen LogP contribution in [0, 0.1) is 5.92 Å². The van der Waals surface area contributed by atoms with Crippen LogP contribution in [0.2, 0.25) is 0 Å². The first kappa shape index (κ1) is 11.4. The number of hydrogen-bond donors (Lipinski definition) is 1. The molecule has 2 fully saturated rings. The minimum absolute atomic E-state index is 0.402. The predicted molar refractivity (Wildman–Crippen MR) is 62.0 cm³/mol. The van der Waals surface area contributed by atoms with Crippen molar-refractivity contribution < 1.29 is 4.74 Å². The third-order valence-corrected chi connectivity index (χ3v) is 3.67. The molecule has 1 N–H and O–H groups in total. The highest BCUT2D eigenvalue weighted by atomic mass is 16.5. The molecule has 3 nitrogen and oxygen atoms in total. The Labute approximate surface area is 93.2 Å². The molecule has 0 aromatic rings. The number of likely N-dealkylation sites (N-methyl/N-ethyl adjacent to an activating group) is 1. The molecule has 1 saturated carbocycles. The Hall–Kier alpha value is -0.120. The van der Waals surface area contributed by atoms with Gasteiger partial charge in [-0.1, -0.05) is 6.92 Å². The summed E-state index contributed by atoms with van der Waals surface area (Å²) in [4.78, 5) is 2.35. The van der Waals surface area contributed by atoms with E-state index in [4.69, 9.17) is 4.74 Å². The summed E-state index contributed by atoms with van der Waals surface area (Å²) < 4.78 is 5.73. The molecule has 0 aromatic heterocycles. The number of hydrogen-bond acceptors (Lipinski definition) is 3. The van der Waals surface area contributed by atoms with E-state index >= 15 is 0 Å². The maximum Gasteiger partial charge on any atom is 0.0826 e. The fourth-order valence-corrected chi connectivity index (χ4v) is 2.68. The van der Waals surface area contributed by atoms with Crippen molar-refractivity contribution in [2.75, 3.05) is 33.3 Å². The SMILES string of the molecule is C[C@@H]1CC[C@H](NC[C@H]2CN(C)CCO2)C1. The number of nitrogens with zero attached hydrogens (tertiary/aromatic N) is 1. The minimum Gasteiger partial charge on any atom is -0.374 e. The Morgan fingerprint density at radius 2 is 2.27 bits per heavy atom. The van der Waals surface area contributed by atoms with E-state index in [0.29, 0.717) is 6.10 Å². The monoisotopic (exact) mass is 212 g/mol. The lowest BCUT2D eigenvalue weighted by atomic mass is 10.1. The van der Waals surface area contributed by atoms with Crippen LogP contribution in [-0.4, -0.2) is 50.3 Å². The second-order valence-electron chi connectivity index (χ2n) is 5.28. The molecule has 88 valence electrons. The molecule has 0 radical (unpaired) electrons. The van der Waals surface area contributed by atoms with E-state index in [9.17, 15) is 0 Å². The minimum atomic E-state index is 0.402. The van der Waals surface area contributed by atoms with E-state index in [-0.39, 0.29) is 0 Å². The quantitative estimate of drug-likeness (QED) is 0.758. The molecule has 0 unspecified atom stereocenters. The van der Waals surface area contributed by atoms with Crippen molar-refractivity contribution in [3.8, 4) is 0 Å². The normalized spacial score (nSPS) is 38.4. The number of morpholine rings is 1. The first-order valence-corrected chi connectivity index (χ1v) is 6.27. The van der Waals surface area contributed by atoms with Gasteiger partial charge in [-0.3, -0.25) is 0 Å².